The molecule has 1 atom stereocenters. The van der Waals surface area contributed by atoms with Crippen LogP contribution < -0.4 is 4.18 Å². The van der Waals surface area contributed by atoms with Crippen LogP contribution in [0.4, 0.5) is 0 Å². The summed E-state index contributed by atoms with van der Waals surface area (Å²) in [6.45, 7) is 0. The van der Waals surface area contributed by atoms with Gasteiger partial charge in [0.2, 0.25) is 0 Å². The Bertz CT molecular complexity index is 332. The zero-order valence-corrected chi connectivity index (χ0v) is 9.01. The van der Waals surface area contributed by atoms with Crippen molar-refractivity contribution < 1.29 is 12.9 Å². The third kappa shape index (κ3) is 3.00. The van der Waals surface area contributed by atoms with Crippen molar-refractivity contribution in [3.05, 3.63) is 27.2 Å². The highest BCUT2D eigenvalue weighted by Gasteiger charge is 2.06. The highest BCUT2D eigenvalue weighted by atomic mass is 35.5. The van der Waals surface area contributed by atoms with Crippen LogP contribution in [0.25, 0.3) is 0 Å². The van der Waals surface area contributed by atoms with Gasteiger partial charge < -0.3 is 8.74 Å². The van der Waals surface area contributed by atoms with Gasteiger partial charge in [0.25, 0.3) is 0 Å². The van der Waals surface area contributed by atoms with Gasteiger partial charge in [0, 0.05) is 12.1 Å². The molecule has 0 saturated carbocycles. The van der Waals surface area contributed by atoms with Crippen LogP contribution in [0, 0.1) is 0 Å². The number of benzene rings is 1. The first-order chi connectivity index (χ1) is 6.00. The highest BCUT2D eigenvalue weighted by Crippen LogP contribution is 2.34. The highest BCUT2D eigenvalue weighted by molar-refractivity contribution is 7.74. The SMILES string of the molecule is O=S([O-])Oc1cc(Cl)c(Cl)c(Cl)c1. The smallest absolute Gasteiger partial charge is 0.142 e. The van der Waals surface area contributed by atoms with Crippen molar-refractivity contribution in [2.24, 2.45) is 0 Å². The molecule has 13 heavy (non-hydrogen) atoms. The van der Waals surface area contributed by atoms with Crippen LogP contribution in [-0.4, -0.2) is 8.76 Å². The molecule has 0 amide bonds. The van der Waals surface area contributed by atoms with E-state index in [1.807, 2.05) is 0 Å². The van der Waals surface area contributed by atoms with Crippen molar-refractivity contribution in [1.29, 1.82) is 0 Å². The Hall–Kier alpha value is -0.000000000000000167. The average Bonchev–Trinajstić information content (AvgIpc) is 1.98. The lowest BCUT2D eigenvalue weighted by molar-refractivity contribution is 0.440. The molecule has 0 N–H and O–H groups in total. The molecule has 1 unspecified atom stereocenters. The molecule has 0 bridgehead atoms. The molecule has 7 heteroatoms. The first kappa shape index (κ1) is 11.1. The van der Waals surface area contributed by atoms with E-state index >= 15 is 0 Å². The van der Waals surface area contributed by atoms with Gasteiger partial charge in [-0.3, -0.25) is 0 Å². The molecule has 0 heterocycles. The molecule has 0 aliphatic heterocycles. The van der Waals surface area contributed by atoms with Gasteiger partial charge in [-0.25, -0.2) is 4.21 Å². The molecule has 0 aromatic heterocycles. The summed E-state index contributed by atoms with van der Waals surface area (Å²) in [5, 5.41) is 0.427. The van der Waals surface area contributed by atoms with Gasteiger partial charge in [-0.05, 0) is 0 Å². The monoisotopic (exact) mass is 259 g/mol. The summed E-state index contributed by atoms with van der Waals surface area (Å²) >= 11 is 14.2. The molecular weight excluding hydrogens is 258 g/mol. The van der Waals surface area contributed by atoms with Gasteiger partial charge in [0.15, 0.2) is 0 Å². The quantitative estimate of drug-likeness (QED) is 0.607. The van der Waals surface area contributed by atoms with E-state index in [1.165, 1.54) is 12.1 Å². The second-order valence-corrected chi connectivity index (χ2v) is 3.76. The van der Waals surface area contributed by atoms with Crippen LogP contribution in [0.15, 0.2) is 12.1 Å². The molecule has 3 nitrogen and oxygen atoms in total. The Morgan fingerprint density at radius 3 is 2.08 bits per heavy atom. The minimum absolute atomic E-state index is 0.0210. The molecule has 1 aromatic rings. The number of hydrogen-bond acceptors (Lipinski definition) is 3. The van der Waals surface area contributed by atoms with Crippen LogP contribution in [-0.2, 0) is 11.4 Å². The lowest BCUT2D eigenvalue weighted by Crippen LogP contribution is -1.97. The van der Waals surface area contributed by atoms with Crippen molar-refractivity contribution in [1.82, 2.24) is 0 Å². The predicted octanol–water partition coefficient (Wildman–Crippen LogP) is 2.82. The van der Waals surface area contributed by atoms with Gasteiger partial charge in [0.05, 0.1) is 15.1 Å². The van der Waals surface area contributed by atoms with E-state index in [4.69, 9.17) is 34.8 Å². The van der Waals surface area contributed by atoms with Crippen LogP contribution in [0.3, 0.4) is 0 Å². The minimum Gasteiger partial charge on any atom is -0.740 e. The Balaban J connectivity index is 3.06. The van der Waals surface area contributed by atoms with Crippen molar-refractivity contribution in [3.63, 3.8) is 0 Å². The number of halogens is 3. The van der Waals surface area contributed by atoms with E-state index in [0.29, 0.717) is 0 Å². The molecule has 0 aliphatic carbocycles. The van der Waals surface area contributed by atoms with E-state index in [1.54, 1.807) is 0 Å². The Morgan fingerprint density at radius 2 is 1.69 bits per heavy atom. The van der Waals surface area contributed by atoms with E-state index in [-0.39, 0.29) is 20.8 Å². The molecule has 72 valence electrons. The largest absolute Gasteiger partial charge is 0.740 e. The standard InChI is InChI=1S/C6H3Cl3O3S/c7-4-1-3(12-13(10)11)2-5(8)6(4)9/h1-2H,(H,10,11)/p-1. The summed E-state index contributed by atoms with van der Waals surface area (Å²) in [6.07, 6.45) is 0. The van der Waals surface area contributed by atoms with Crippen molar-refractivity contribution in [2.75, 3.05) is 0 Å². The molecule has 0 saturated heterocycles. The van der Waals surface area contributed by atoms with E-state index in [0.717, 1.165) is 0 Å². The predicted molar refractivity (Wildman–Crippen MR) is 51.0 cm³/mol. The fourth-order valence-electron chi connectivity index (χ4n) is 0.659. The molecule has 0 radical (unpaired) electrons. The van der Waals surface area contributed by atoms with Crippen LogP contribution in [0.5, 0.6) is 5.75 Å². The molecule has 0 spiro atoms. The summed E-state index contributed by atoms with van der Waals surface area (Å²) in [5.41, 5.74) is 0. The molecular formula is C6H2Cl3O3S-. The summed E-state index contributed by atoms with van der Waals surface area (Å²) in [4.78, 5) is 0. The van der Waals surface area contributed by atoms with E-state index < -0.39 is 11.4 Å². The Labute approximate surface area is 92.0 Å². The second-order valence-electron chi connectivity index (χ2n) is 1.99. The van der Waals surface area contributed by atoms with Gasteiger partial charge >= 0.3 is 0 Å². The number of hydrogen-bond donors (Lipinski definition) is 0. The van der Waals surface area contributed by atoms with Crippen molar-refractivity contribution in [3.8, 4) is 5.75 Å². The zero-order valence-electron chi connectivity index (χ0n) is 5.92. The number of rotatable bonds is 2. The van der Waals surface area contributed by atoms with E-state index in [9.17, 15) is 8.76 Å². The fourth-order valence-corrected chi connectivity index (χ4v) is 1.49. The third-order valence-electron chi connectivity index (χ3n) is 1.12. The first-order valence-corrected chi connectivity index (χ1v) is 5.06. The maximum atomic E-state index is 10.1. The summed E-state index contributed by atoms with van der Waals surface area (Å²) < 4.78 is 24.6. The van der Waals surface area contributed by atoms with Crippen LogP contribution in [0.1, 0.15) is 0 Å². The Morgan fingerprint density at radius 1 is 1.23 bits per heavy atom. The summed E-state index contributed by atoms with van der Waals surface area (Å²) in [5.74, 6) is 0.0210. The maximum Gasteiger partial charge on any atom is 0.142 e. The summed E-state index contributed by atoms with van der Waals surface area (Å²) in [7, 11) is 0. The fraction of sp³-hybridized carbons (Fsp3) is 0. The van der Waals surface area contributed by atoms with Crippen molar-refractivity contribution >= 4 is 46.2 Å². The molecule has 1 aromatic carbocycles. The van der Waals surface area contributed by atoms with Gasteiger partial charge in [0.1, 0.15) is 17.1 Å². The van der Waals surface area contributed by atoms with Crippen molar-refractivity contribution in [2.45, 2.75) is 0 Å². The normalized spacial score (nSPS) is 12.6. The molecule has 1 rings (SSSR count). The Kier molecular flexibility index (Phi) is 3.82. The van der Waals surface area contributed by atoms with Gasteiger partial charge in [-0.1, -0.05) is 34.8 Å². The molecule has 0 fully saturated rings. The first-order valence-electron chi connectivity index (χ1n) is 2.93. The topological polar surface area (TPSA) is 49.4 Å². The zero-order chi connectivity index (χ0) is 10.0. The van der Waals surface area contributed by atoms with Gasteiger partial charge in [-0.15, -0.1) is 0 Å². The van der Waals surface area contributed by atoms with E-state index in [2.05, 4.69) is 4.18 Å². The maximum absolute atomic E-state index is 10.1. The lowest BCUT2D eigenvalue weighted by atomic mass is 10.3. The third-order valence-corrected chi connectivity index (χ3v) is 2.65. The van der Waals surface area contributed by atoms with Crippen LogP contribution >= 0.6 is 34.8 Å². The van der Waals surface area contributed by atoms with Gasteiger partial charge in [-0.2, -0.15) is 0 Å². The second kappa shape index (κ2) is 4.48. The lowest BCUT2D eigenvalue weighted by Gasteiger charge is -2.08. The average molecular weight is 261 g/mol. The summed E-state index contributed by atoms with van der Waals surface area (Å²) in [6, 6.07) is 2.51. The van der Waals surface area contributed by atoms with Crippen LogP contribution in [0.2, 0.25) is 15.1 Å². The minimum atomic E-state index is -2.65. The molecule has 0 aliphatic rings.